The molecule has 0 unspecified atom stereocenters. The molecule has 1 aliphatic heterocycles. The zero-order chi connectivity index (χ0) is 17.9. The van der Waals surface area contributed by atoms with Crippen molar-refractivity contribution in [3.05, 3.63) is 34.9 Å². The van der Waals surface area contributed by atoms with Gasteiger partial charge in [-0.2, -0.15) is 0 Å². The molecule has 0 aliphatic carbocycles. The van der Waals surface area contributed by atoms with Crippen LogP contribution in [0.2, 0.25) is 5.02 Å². The maximum Gasteiger partial charge on any atom is 0.410 e. The number of amides is 2. The van der Waals surface area contributed by atoms with E-state index in [1.807, 2.05) is 39.0 Å². The van der Waals surface area contributed by atoms with Crippen LogP contribution in [0.1, 0.15) is 39.2 Å². The molecule has 2 rings (SSSR count). The lowest BCUT2D eigenvalue weighted by molar-refractivity contribution is -0.135. The van der Waals surface area contributed by atoms with E-state index in [1.165, 1.54) is 0 Å². The third-order valence-electron chi connectivity index (χ3n) is 3.85. The van der Waals surface area contributed by atoms with Crippen molar-refractivity contribution >= 4 is 23.6 Å². The van der Waals surface area contributed by atoms with Crippen LogP contribution in [0.5, 0.6) is 0 Å². The minimum atomic E-state index is -0.569. The molecule has 0 bridgehead atoms. The number of likely N-dealkylation sites (N-methyl/N-ethyl adjacent to an activating group) is 1. The third kappa shape index (κ3) is 4.87. The first-order chi connectivity index (χ1) is 11.2. The summed E-state index contributed by atoms with van der Waals surface area (Å²) in [6, 6.07) is 6.97. The lowest BCUT2D eigenvalue weighted by atomic mass is 10.1. The van der Waals surface area contributed by atoms with Crippen molar-refractivity contribution in [2.75, 3.05) is 13.6 Å². The van der Waals surface area contributed by atoms with Gasteiger partial charge in [0.1, 0.15) is 11.6 Å². The van der Waals surface area contributed by atoms with Gasteiger partial charge in [-0.3, -0.25) is 9.69 Å². The maximum atomic E-state index is 12.8. The number of carbonyl (C=O) groups is 2. The van der Waals surface area contributed by atoms with Gasteiger partial charge in [0.2, 0.25) is 5.91 Å². The second kappa shape index (κ2) is 7.43. The highest BCUT2D eigenvalue weighted by Crippen LogP contribution is 2.23. The molecule has 1 heterocycles. The van der Waals surface area contributed by atoms with Crippen molar-refractivity contribution in [2.45, 2.75) is 51.8 Å². The van der Waals surface area contributed by atoms with Crippen LogP contribution < -0.4 is 0 Å². The highest BCUT2D eigenvalue weighted by molar-refractivity contribution is 6.30. The molecular formula is C18H25ClN2O3. The molecule has 1 atom stereocenters. The van der Waals surface area contributed by atoms with Gasteiger partial charge in [-0.1, -0.05) is 23.7 Å². The minimum Gasteiger partial charge on any atom is -0.444 e. The van der Waals surface area contributed by atoms with Crippen molar-refractivity contribution in [1.82, 2.24) is 9.80 Å². The van der Waals surface area contributed by atoms with Gasteiger partial charge in [0.15, 0.2) is 0 Å². The lowest BCUT2D eigenvalue weighted by Gasteiger charge is -2.30. The third-order valence-corrected chi connectivity index (χ3v) is 4.09. The second-order valence-electron chi connectivity index (χ2n) is 7.16. The zero-order valence-corrected chi connectivity index (χ0v) is 15.5. The predicted octanol–water partition coefficient (Wildman–Crippen LogP) is 3.70. The normalized spacial score (nSPS) is 17.7. The fraction of sp³-hybridized carbons (Fsp3) is 0.556. The Bertz CT molecular complexity index is 613. The maximum absolute atomic E-state index is 12.8. The monoisotopic (exact) mass is 352 g/mol. The van der Waals surface area contributed by atoms with Gasteiger partial charge in [-0.15, -0.1) is 0 Å². The smallest absolute Gasteiger partial charge is 0.410 e. The summed E-state index contributed by atoms with van der Waals surface area (Å²) in [6.45, 7) is 6.48. The first-order valence-electron chi connectivity index (χ1n) is 8.16. The number of benzene rings is 1. The molecule has 1 aliphatic rings. The first kappa shape index (κ1) is 18.6. The Labute approximate surface area is 148 Å². The summed E-state index contributed by atoms with van der Waals surface area (Å²) in [5, 5.41) is 0.643. The Morgan fingerprint density at radius 1 is 1.38 bits per heavy atom. The lowest BCUT2D eigenvalue weighted by Crippen LogP contribution is -2.47. The second-order valence-corrected chi connectivity index (χ2v) is 7.59. The molecule has 1 aromatic rings. The van der Waals surface area contributed by atoms with Gasteiger partial charge in [0.25, 0.3) is 0 Å². The molecule has 24 heavy (non-hydrogen) atoms. The van der Waals surface area contributed by atoms with Crippen molar-refractivity contribution in [3.63, 3.8) is 0 Å². The topological polar surface area (TPSA) is 49.9 Å². The van der Waals surface area contributed by atoms with E-state index in [0.29, 0.717) is 24.5 Å². The van der Waals surface area contributed by atoms with E-state index in [4.69, 9.17) is 16.3 Å². The van der Waals surface area contributed by atoms with E-state index >= 15 is 0 Å². The molecule has 132 valence electrons. The zero-order valence-electron chi connectivity index (χ0n) is 14.7. The molecule has 1 fully saturated rings. The Morgan fingerprint density at radius 3 is 2.71 bits per heavy atom. The van der Waals surface area contributed by atoms with E-state index in [2.05, 4.69) is 0 Å². The molecule has 5 nitrogen and oxygen atoms in total. The van der Waals surface area contributed by atoms with E-state index in [1.54, 1.807) is 22.9 Å². The molecule has 0 saturated carbocycles. The Kier molecular flexibility index (Phi) is 5.75. The minimum absolute atomic E-state index is 0.0710. The molecule has 2 amide bonds. The number of hydrogen-bond acceptors (Lipinski definition) is 3. The van der Waals surface area contributed by atoms with Crippen LogP contribution >= 0.6 is 11.6 Å². The van der Waals surface area contributed by atoms with Crippen LogP contribution in [0.4, 0.5) is 4.79 Å². The fourth-order valence-electron chi connectivity index (χ4n) is 2.80. The Hall–Kier alpha value is -1.75. The van der Waals surface area contributed by atoms with Crippen LogP contribution in [0.25, 0.3) is 0 Å². The van der Waals surface area contributed by atoms with Gasteiger partial charge < -0.3 is 9.64 Å². The summed E-state index contributed by atoms with van der Waals surface area (Å²) in [6.07, 6.45) is 1.05. The van der Waals surface area contributed by atoms with E-state index in [9.17, 15) is 9.59 Å². The molecule has 6 heteroatoms. The molecule has 0 N–H and O–H groups in total. The van der Waals surface area contributed by atoms with E-state index in [0.717, 1.165) is 12.0 Å². The van der Waals surface area contributed by atoms with Crippen molar-refractivity contribution in [3.8, 4) is 0 Å². The molecule has 1 aromatic carbocycles. The average molecular weight is 353 g/mol. The van der Waals surface area contributed by atoms with Crippen molar-refractivity contribution < 1.29 is 14.3 Å². The molecule has 0 aromatic heterocycles. The number of carbonyl (C=O) groups excluding carboxylic acids is 2. The summed E-state index contributed by atoms with van der Waals surface area (Å²) >= 11 is 5.99. The van der Waals surface area contributed by atoms with Crippen LogP contribution in [0, 0.1) is 0 Å². The van der Waals surface area contributed by atoms with Gasteiger partial charge in [-0.05, 0) is 51.3 Å². The molecule has 1 saturated heterocycles. The van der Waals surface area contributed by atoms with Gasteiger partial charge in [0, 0.05) is 25.2 Å². The predicted molar refractivity (Wildman–Crippen MR) is 93.9 cm³/mol. The van der Waals surface area contributed by atoms with Crippen LogP contribution in [-0.2, 0) is 16.1 Å². The van der Waals surface area contributed by atoms with Gasteiger partial charge in [0.05, 0.1) is 0 Å². The summed E-state index contributed by atoms with van der Waals surface area (Å²) in [7, 11) is 1.74. The average Bonchev–Trinajstić information content (AvgIpc) is 2.94. The highest BCUT2D eigenvalue weighted by Gasteiger charge is 2.37. The Balaban J connectivity index is 2.03. The van der Waals surface area contributed by atoms with Crippen LogP contribution in [0.15, 0.2) is 24.3 Å². The number of halogens is 1. The number of ether oxygens (including phenoxy) is 1. The van der Waals surface area contributed by atoms with Crippen molar-refractivity contribution in [1.29, 1.82) is 0 Å². The van der Waals surface area contributed by atoms with Gasteiger partial charge >= 0.3 is 6.09 Å². The number of likely N-dealkylation sites (tertiary alicyclic amines) is 1. The summed E-state index contributed by atoms with van der Waals surface area (Å²) in [5.41, 5.74) is 0.389. The summed E-state index contributed by atoms with van der Waals surface area (Å²) < 4.78 is 5.41. The SMILES string of the molecule is CN(Cc1cccc(Cl)c1)C(=O)[C@H]1CCCN1C(=O)OC(C)(C)C. The van der Waals surface area contributed by atoms with Crippen LogP contribution in [0.3, 0.4) is 0 Å². The fourth-order valence-corrected chi connectivity index (χ4v) is 3.02. The first-order valence-corrected chi connectivity index (χ1v) is 8.54. The molecular weight excluding hydrogens is 328 g/mol. The molecule has 0 radical (unpaired) electrons. The van der Waals surface area contributed by atoms with Crippen LogP contribution in [-0.4, -0.2) is 47.0 Å². The summed E-state index contributed by atoms with van der Waals surface area (Å²) in [4.78, 5) is 28.3. The van der Waals surface area contributed by atoms with Crippen molar-refractivity contribution in [2.24, 2.45) is 0 Å². The number of nitrogens with zero attached hydrogens (tertiary/aromatic N) is 2. The Morgan fingerprint density at radius 2 is 2.08 bits per heavy atom. The van der Waals surface area contributed by atoms with E-state index < -0.39 is 17.7 Å². The summed E-state index contributed by atoms with van der Waals surface area (Å²) in [5.74, 6) is -0.0710. The standard InChI is InChI=1S/C18H25ClN2O3/c1-18(2,3)24-17(23)21-10-6-9-15(21)16(22)20(4)12-13-7-5-8-14(19)11-13/h5,7-8,11,15H,6,9-10,12H2,1-4H3/t15-/m1/s1. The quantitative estimate of drug-likeness (QED) is 0.833. The number of rotatable bonds is 3. The van der Waals surface area contributed by atoms with Gasteiger partial charge in [-0.25, -0.2) is 4.79 Å². The van der Waals surface area contributed by atoms with E-state index in [-0.39, 0.29) is 5.91 Å². The highest BCUT2D eigenvalue weighted by atomic mass is 35.5. The number of hydrogen-bond donors (Lipinski definition) is 0. The largest absolute Gasteiger partial charge is 0.444 e. The molecule has 0 spiro atoms.